The standard InChI is InChI=1S/C22H22ClFN4O4/c1-32-11-10-25-21(30)17-7-6-16(12-18(17)23)26-22(31)19-8-9-20(29)28(27-19)13-14-2-4-15(24)5-3-14/h2-7,12H,8-11,13H2,1H3,(H,25,30)(H,26,31). The number of ether oxygens (including phenoxy) is 1. The molecule has 1 aliphatic heterocycles. The molecule has 0 saturated carbocycles. The first-order valence-corrected chi connectivity index (χ1v) is 10.3. The lowest BCUT2D eigenvalue weighted by molar-refractivity contribution is -0.132. The van der Waals surface area contributed by atoms with Gasteiger partial charge in [0.25, 0.3) is 11.8 Å². The highest BCUT2D eigenvalue weighted by atomic mass is 35.5. The van der Waals surface area contributed by atoms with Gasteiger partial charge < -0.3 is 15.4 Å². The topological polar surface area (TPSA) is 100 Å². The van der Waals surface area contributed by atoms with Crippen LogP contribution in [0.2, 0.25) is 5.02 Å². The van der Waals surface area contributed by atoms with Gasteiger partial charge in [0, 0.05) is 32.2 Å². The normalized spacial score (nSPS) is 13.5. The summed E-state index contributed by atoms with van der Waals surface area (Å²) in [6.07, 6.45) is 0.326. The molecule has 168 valence electrons. The van der Waals surface area contributed by atoms with Crippen LogP contribution < -0.4 is 10.6 Å². The quantitative estimate of drug-likeness (QED) is 0.591. The van der Waals surface area contributed by atoms with Crippen LogP contribution in [0, 0.1) is 5.82 Å². The zero-order chi connectivity index (χ0) is 23.1. The maximum Gasteiger partial charge on any atom is 0.271 e. The maximum atomic E-state index is 13.1. The van der Waals surface area contributed by atoms with Gasteiger partial charge in [-0.3, -0.25) is 14.4 Å². The van der Waals surface area contributed by atoms with Gasteiger partial charge in [-0.1, -0.05) is 23.7 Å². The molecule has 0 fully saturated rings. The Hall–Kier alpha value is -3.30. The van der Waals surface area contributed by atoms with Crippen molar-refractivity contribution < 1.29 is 23.5 Å². The number of amides is 3. The van der Waals surface area contributed by atoms with Gasteiger partial charge in [-0.2, -0.15) is 5.10 Å². The summed E-state index contributed by atoms with van der Waals surface area (Å²) < 4.78 is 18.0. The van der Waals surface area contributed by atoms with E-state index in [1.165, 1.54) is 36.4 Å². The average molecular weight is 461 g/mol. The van der Waals surface area contributed by atoms with Crippen molar-refractivity contribution in [1.82, 2.24) is 10.3 Å². The summed E-state index contributed by atoms with van der Waals surface area (Å²) in [5.41, 5.74) is 1.53. The van der Waals surface area contributed by atoms with Crippen LogP contribution in [0.4, 0.5) is 10.1 Å². The Balaban J connectivity index is 1.66. The molecule has 0 aromatic heterocycles. The first-order chi connectivity index (χ1) is 15.4. The third-order valence-electron chi connectivity index (χ3n) is 4.68. The minimum atomic E-state index is -0.477. The second-order valence-corrected chi connectivity index (χ2v) is 7.43. The summed E-state index contributed by atoms with van der Waals surface area (Å²) in [5, 5.41) is 10.9. The zero-order valence-electron chi connectivity index (χ0n) is 17.4. The number of benzene rings is 2. The number of hydrogen-bond acceptors (Lipinski definition) is 5. The number of rotatable bonds is 8. The second-order valence-electron chi connectivity index (χ2n) is 7.02. The lowest BCUT2D eigenvalue weighted by Crippen LogP contribution is -2.36. The summed E-state index contributed by atoms with van der Waals surface area (Å²) in [6, 6.07) is 10.2. The summed E-state index contributed by atoms with van der Waals surface area (Å²) in [6.45, 7) is 0.853. The fraction of sp³-hybridized carbons (Fsp3) is 0.273. The van der Waals surface area contributed by atoms with Crippen molar-refractivity contribution in [2.45, 2.75) is 19.4 Å². The van der Waals surface area contributed by atoms with Crippen LogP contribution in [0.25, 0.3) is 0 Å². The fourth-order valence-electron chi connectivity index (χ4n) is 2.99. The highest BCUT2D eigenvalue weighted by Crippen LogP contribution is 2.22. The number of methoxy groups -OCH3 is 1. The van der Waals surface area contributed by atoms with Crippen LogP contribution in [0.5, 0.6) is 0 Å². The van der Waals surface area contributed by atoms with Gasteiger partial charge in [-0.25, -0.2) is 9.40 Å². The van der Waals surface area contributed by atoms with Gasteiger partial charge in [-0.05, 0) is 35.9 Å². The number of carbonyl (C=O) groups excluding carboxylic acids is 3. The monoisotopic (exact) mass is 460 g/mol. The molecule has 3 rings (SSSR count). The van der Waals surface area contributed by atoms with E-state index in [2.05, 4.69) is 15.7 Å². The third-order valence-corrected chi connectivity index (χ3v) is 4.99. The number of anilines is 1. The van der Waals surface area contributed by atoms with Crippen LogP contribution in [0.1, 0.15) is 28.8 Å². The highest BCUT2D eigenvalue weighted by Gasteiger charge is 2.25. The first kappa shape index (κ1) is 23.4. The van der Waals surface area contributed by atoms with E-state index in [0.717, 1.165) is 0 Å². The van der Waals surface area contributed by atoms with Crippen LogP contribution in [0.15, 0.2) is 47.6 Å². The number of carbonyl (C=O) groups is 3. The van der Waals surface area contributed by atoms with Crippen molar-refractivity contribution in [3.05, 3.63) is 64.4 Å². The molecular weight excluding hydrogens is 439 g/mol. The summed E-state index contributed by atoms with van der Waals surface area (Å²) >= 11 is 6.20. The van der Waals surface area contributed by atoms with Gasteiger partial charge in [0.2, 0.25) is 5.91 Å². The van der Waals surface area contributed by atoms with Gasteiger partial charge in [0.1, 0.15) is 11.5 Å². The number of halogens is 2. The van der Waals surface area contributed by atoms with Crippen molar-refractivity contribution in [1.29, 1.82) is 0 Å². The number of hydrogen-bond donors (Lipinski definition) is 2. The highest BCUT2D eigenvalue weighted by molar-refractivity contribution is 6.43. The summed E-state index contributed by atoms with van der Waals surface area (Å²) in [4.78, 5) is 37.0. The average Bonchev–Trinajstić information content (AvgIpc) is 2.77. The zero-order valence-corrected chi connectivity index (χ0v) is 18.1. The second kappa shape index (κ2) is 10.8. The van der Waals surface area contributed by atoms with E-state index in [4.69, 9.17) is 16.3 Å². The van der Waals surface area contributed by atoms with E-state index < -0.39 is 5.91 Å². The molecule has 2 aromatic carbocycles. The maximum absolute atomic E-state index is 13.1. The molecule has 10 heteroatoms. The first-order valence-electron chi connectivity index (χ1n) is 9.87. The Kier molecular flexibility index (Phi) is 7.91. The molecular formula is C22H22ClFN4O4. The summed E-state index contributed by atoms with van der Waals surface area (Å²) in [5.74, 6) is -1.43. The molecule has 3 amide bonds. The van der Waals surface area contributed by atoms with Crippen molar-refractivity contribution in [2.24, 2.45) is 5.10 Å². The largest absolute Gasteiger partial charge is 0.383 e. The van der Waals surface area contributed by atoms with Crippen LogP contribution in [0.3, 0.4) is 0 Å². The van der Waals surface area contributed by atoms with Crippen molar-refractivity contribution in [2.75, 3.05) is 25.6 Å². The lowest BCUT2D eigenvalue weighted by atomic mass is 10.1. The fourth-order valence-corrected chi connectivity index (χ4v) is 3.26. The Morgan fingerprint density at radius 2 is 1.91 bits per heavy atom. The number of nitrogens with zero attached hydrogens (tertiary/aromatic N) is 2. The molecule has 0 radical (unpaired) electrons. The minimum absolute atomic E-state index is 0.134. The molecule has 0 saturated heterocycles. The Bertz CT molecular complexity index is 1040. The predicted molar refractivity (Wildman–Crippen MR) is 118 cm³/mol. The van der Waals surface area contributed by atoms with Gasteiger partial charge in [-0.15, -0.1) is 0 Å². The molecule has 1 heterocycles. The van der Waals surface area contributed by atoms with Gasteiger partial charge >= 0.3 is 0 Å². The van der Waals surface area contributed by atoms with Crippen LogP contribution in [-0.4, -0.2) is 48.7 Å². The molecule has 0 spiro atoms. The molecule has 2 N–H and O–H groups in total. The van der Waals surface area contributed by atoms with E-state index in [1.54, 1.807) is 18.2 Å². The molecule has 8 nitrogen and oxygen atoms in total. The van der Waals surface area contributed by atoms with Crippen molar-refractivity contribution >= 4 is 40.7 Å². The van der Waals surface area contributed by atoms with E-state index in [0.29, 0.717) is 24.4 Å². The minimum Gasteiger partial charge on any atom is -0.383 e. The van der Waals surface area contributed by atoms with E-state index in [9.17, 15) is 18.8 Å². The van der Waals surface area contributed by atoms with Crippen molar-refractivity contribution in [3.63, 3.8) is 0 Å². The molecule has 0 atom stereocenters. The Morgan fingerprint density at radius 1 is 1.16 bits per heavy atom. The Labute approximate surface area is 189 Å². The SMILES string of the molecule is COCCNC(=O)c1ccc(NC(=O)C2=NN(Cc3ccc(F)cc3)C(=O)CC2)cc1Cl. The molecule has 1 aliphatic rings. The van der Waals surface area contributed by atoms with Crippen molar-refractivity contribution in [3.8, 4) is 0 Å². The Morgan fingerprint density at radius 3 is 2.59 bits per heavy atom. The molecule has 0 bridgehead atoms. The number of nitrogens with one attached hydrogen (secondary N) is 2. The lowest BCUT2D eigenvalue weighted by Gasteiger charge is -2.23. The molecule has 0 aliphatic carbocycles. The van der Waals surface area contributed by atoms with E-state index in [-0.39, 0.29) is 53.3 Å². The summed E-state index contributed by atoms with van der Waals surface area (Å²) in [7, 11) is 1.53. The molecule has 32 heavy (non-hydrogen) atoms. The van der Waals surface area contributed by atoms with Crippen LogP contribution in [-0.2, 0) is 20.9 Å². The third kappa shape index (κ3) is 6.12. The van der Waals surface area contributed by atoms with E-state index >= 15 is 0 Å². The predicted octanol–water partition coefficient (Wildman–Crippen LogP) is 2.97. The molecule has 2 aromatic rings. The smallest absolute Gasteiger partial charge is 0.271 e. The van der Waals surface area contributed by atoms with Gasteiger partial charge in [0.15, 0.2) is 0 Å². The van der Waals surface area contributed by atoms with Gasteiger partial charge in [0.05, 0.1) is 23.7 Å². The van der Waals surface area contributed by atoms with Crippen LogP contribution >= 0.6 is 11.6 Å². The van der Waals surface area contributed by atoms with E-state index in [1.807, 2.05) is 0 Å². The number of hydrazone groups is 1. The molecule has 0 unspecified atom stereocenters.